The topological polar surface area (TPSA) is 27.1 Å². The van der Waals surface area contributed by atoms with Crippen LogP contribution >= 0.6 is 0 Å². The molecule has 108 valence electrons. The fourth-order valence-corrected chi connectivity index (χ4v) is 2.68. The largest absolute Gasteiger partial charge is 0.463 e. The molecule has 0 amide bonds. The quantitative estimate of drug-likeness (QED) is 0.556. The second-order valence-electron chi connectivity index (χ2n) is 5.05. The van der Waals surface area contributed by atoms with Crippen LogP contribution < -0.4 is 4.74 Å². The Morgan fingerprint density at radius 3 is 2.77 bits per heavy atom. The maximum atomic E-state index is 12.2. The van der Waals surface area contributed by atoms with E-state index in [1.807, 2.05) is 30.5 Å². The van der Waals surface area contributed by atoms with Crippen molar-refractivity contribution in [2.75, 3.05) is 6.86 Å². The Morgan fingerprint density at radius 2 is 1.86 bits per heavy atom. The predicted molar refractivity (Wildman–Crippen MR) is 85.2 cm³/mol. The zero-order chi connectivity index (χ0) is 14.9. The van der Waals surface area contributed by atoms with Gasteiger partial charge in [-0.25, -0.2) is 9.37 Å². The summed E-state index contributed by atoms with van der Waals surface area (Å²) in [5, 5.41) is 3.14. The van der Waals surface area contributed by atoms with Crippen molar-refractivity contribution < 1.29 is 9.13 Å². The van der Waals surface area contributed by atoms with Gasteiger partial charge in [0.1, 0.15) is 11.6 Å². The Morgan fingerprint density at radius 1 is 0.955 bits per heavy atom. The van der Waals surface area contributed by atoms with Gasteiger partial charge >= 0.3 is 0 Å². The molecule has 0 aliphatic heterocycles. The molecule has 22 heavy (non-hydrogen) atoms. The lowest BCUT2D eigenvalue weighted by molar-refractivity contribution is 0.192. The molecule has 0 aliphatic rings. The predicted octanol–water partition coefficient (Wildman–Crippen LogP) is 4.48. The minimum absolute atomic E-state index is 0.510. The maximum Gasteiger partial charge on any atom is 0.228 e. The molecule has 4 heteroatoms. The number of hydrogen-bond acceptors (Lipinski definition) is 2. The molecule has 0 radical (unpaired) electrons. The molecular weight excluding hydrogens is 278 g/mol. The molecule has 4 rings (SSSR count). The maximum absolute atomic E-state index is 12.2. The van der Waals surface area contributed by atoms with Gasteiger partial charge < -0.3 is 9.30 Å². The third-order valence-electron chi connectivity index (χ3n) is 3.75. The highest BCUT2D eigenvalue weighted by atomic mass is 18.2. The van der Waals surface area contributed by atoms with Crippen LogP contribution in [0.2, 0.25) is 0 Å². The van der Waals surface area contributed by atoms with Gasteiger partial charge in [0.25, 0.3) is 0 Å². The number of nitrogens with zero attached hydrogens (tertiary/aromatic N) is 2. The van der Waals surface area contributed by atoms with Gasteiger partial charge in [-0.2, -0.15) is 0 Å². The first-order valence-electron chi connectivity index (χ1n) is 7.00. The standard InChI is InChI=1S/C18H13FN2O/c19-12-22-16-6-5-14-10-18(20-11-15(14)9-16)21-8-7-13-3-1-2-4-17(13)21/h1-11H,12H2/i19-1. The van der Waals surface area contributed by atoms with Crippen molar-refractivity contribution in [3.05, 3.63) is 67.0 Å². The minimum atomic E-state index is -0.827. The van der Waals surface area contributed by atoms with Gasteiger partial charge in [0.05, 0.1) is 5.52 Å². The van der Waals surface area contributed by atoms with Crippen molar-refractivity contribution in [1.82, 2.24) is 9.55 Å². The molecular formula is C18H13FN2O. The molecule has 0 fully saturated rings. The van der Waals surface area contributed by atoms with E-state index < -0.39 is 6.86 Å². The van der Waals surface area contributed by atoms with Gasteiger partial charge in [0.15, 0.2) is 0 Å². The average molecular weight is 291 g/mol. The number of hydrogen-bond donors (Lipinski definition) is 0. The molecule has 0 bridgehead atoms. The Kier molecular flexibility index (Phi) is 3.00. The van der Waals surface area contributed by atoms with Crippen molar-refractivity contribution in [2.45, 2.75) is 0 Å². The first-order valence-corrected chi connectivity index (χ1v) is 7.00. The van der Waals surface area contributed by atoms with Crippen LogP contribution in [0.3, 0.4) is 0 Å². The Hall–Kier alpha value is -2.88. The van der Waals surface area contributed by atoms with Crippen LogP contribution in [0.15, 0.2) is 67.0 Å². The Balaban J connectivity index is 1.84. The van der Waals surface area contributed by atoms with Crippen molar-refractivity contribution in [3.8, 4) is 11.6 Å². The lowest BCUT2D eigenvalue weighted by Gasteiger charge is -2.07. The minimum Gasteiger partial charge on any atom is -0.463 e. The van der Waals surface area contributed by atoms with Crippen LogP contribution in [0, 0.1) is 0 Å². The van der Waals surface area contributed by atoms with E-state index >= 15 is 0 Å². The van der Waals surface area contributed by atoms with Crippen molar-refractivity contribution in [2.24, 2.45) is 0 Å². The average Bonchev–Trinajstić information content (AvgIpc) is 2.99. The summed E-state index contributed by atoms with van der Waals surface area (Å²) in [6.45, 7) is -0.827. The fourth-order valence-electron chi connectivity index (χ4n) is 2.68. The molecule has 0 spiro atoms. The number of para-hydroxylation sites is 1. The van der Waals surface area contributed by atoms with Crippen LogP contribution in [0.25, 0.3) is 27.5 Å². The van der Waals surface area contributed by atoms with Crippen LogP contribution in [0.5, 0.6) is 5.75 Å². The number of pyridine rings is 1. The third kappa shape index (κ3) is 2.09. The Labute approximate surface area is 126 Å². The van der Waals surface area contributed by atoms with E-state index in [-0.39, 0.29) is 0 Å². The van der Waals surface area contributed by atoms with Gasteiger partial charge in [-0.3, -0.25) is 0 Å². The summed E-state index contributed by atoms with van der Waals surface area (Å²) in [6, 6.07) is 17.7. The fraction of sp³-hybridized carbons (Fsp3) is 0.0556. The molecule has 2 aromatic heterocycles. The molecule has 0 saturated heterocycles. The van der Waals surface area contributed by atoms with Crippen LogP contribution in [0.4, 0.5) is 4.39 Å². The molecule has 3 nitrogen and oxygen atoms in total. The number of alkyl halides is 1. The number of halogens is 1. The summed E-state index contributed by atoms with van der Waals surface area (Å²) >= 11 is 0. The zero-order valence-corrected chi connectivity index (χ0v) is 11.7. The van der Waals surface area contributed by atoms with E-state index in [0.29, 0.717) is 5.75 Å². The highest BCUT2D eigenvalue weighted by Gasteiger charge is 2.05. The summed E-state index contributed by atoms with van der Waals surface area (Å²) in [6.07, 6.45) is 3.80. The molecule has 0 unspecified atom stereocenters. The van der Waals surface area contributed by atoms with Crippen molar-refractivity contribution >= 4 is 21.7 Å². The number of benzene rings is 2. The smallest absolute Gasteiger partial charge is 0.228 e. The molecule has 2 heterocycles. The lowest BCUT2D eigenvalue weighted by Crippen LogP contribution is -1.95. The highest BCUT2D eigenvalue weighted by Crippen LogP contribution is 2.24. The van der Waals surface area contributed by atoms with Crippen LogP contribution in [0.1, 0.15) is 0 Å². The molecule has 0 N–H and O–H groups in total. The van der Waals surface area contributed by atoms with Crippen molar-refractivity contribution in [3.63, 3.8) is 0 Å². The Bertz CT molecular complexity index is 962. The SMILES string of the molecule is [18F]COc1ccc2cc(-n3ccc4ccccc43)ncc2c1. The summed E-state index contributed by atoms with van der Waals surface area (Å²) in [4.78, 5) is 4.51. The van der Waals surface area contributed by atoms with E-state index in [1.165, 1.54) is 5.39 Å². The van der Waals surface area contributed by atoms with E-state index in [9.17, 15) is 4.39 Å². The van der Waals surface area contributed by atoms with E-state index in [4.69, 9.17) is 4.74 Å². The third-order valence-corrected chi connectivity index (χ3v) is 3.75. The van der Waals surface area contributed by atoms with Crippen LogP contribution in [-0.2, 0) is 0 Å². The number of rotatable bonds is 3. The zero-order valence-electron chi connectivity index (χ0n) is 11.7. The van der Waals surface area contributed by atoms with E-state index in [2.05, 4.69) is 27.8 Å². The first kappa shape index (κ1) is 12.8. The van der Waals surface area contributed by atoms with Crippen LogP contribution in [-0.4, -0.2) is 16.4 Å². The molecule has 0 saturated carbocycles. The summed E-state index contributed by atoms with van der Waals surface area (Å²) in [5.41, 5.74) is 1.12. The van der Waals surface area contributed by atoms with E-state index in [0.717, 1.165) is 22.1 Å². The summed E-state index contributed by atoms with van der Waals surface area (Å²) < 4.78 is 19.2. The molecule has 4 aromatic rings. The monoisotopic (exact) mass is 291 g/mol. The molecule has 2 aromatic carbocycles. The van der Waals surface area contributed by atoms with Gasteiger partial charge in [-0.15, -0.1) is 0 Å². The second kappa shape index (κ2) is 5.15. The number of aromatic nitrogens is 2. The number of fused-ring (bicyclic) bond motifs is 2. The van der Waals surface area contributed by atoms with Gasteiger partial charge in [-0.1, -0.05) is 24.3 Å². The van der Waals surface area contributed by atoms with Gasteiger partial charge in [0, 0.05) is 17.8 Å². The lowest BCUT2D eigenvalue weighted by atomic mass is 10.1. The highest BCUT2D eigenvalue weighted by molar-refractivity contribution is 5.86. The van der Waals surface area contributed by atoms with Crippen molar-refractivity contribution in [1.29, 1.82) is 0 Å². The first-order chi connectivity index (χ1) is 10.8. The van der Waals surface area contributed by atoms with E-state index in [1.54, 1.807) is 18.3 Å². The molecule has 0 atom stereocenters. The van der Waals surface area contributed by atoms with Gasteiger partial charge in [0.2, 0.25) is 6.86 Å². The summed E-state index contributed by atoms with van der Waals surface area (Å²) in [7, 11) is 0. The second-order valence-corrected chi connectivity index (χ2v) is 5.05. The normalized spacial score (nSPS) is 11.1. The van der Waals surface area contributed by atoms with Gasteiger partial charge in [-0.05, 0) is 41.1 Å². The summed E-state index contributed by atoms with van der Waals surface area (Å²) in [5.74, 6) is 1.36. The number of ether oxygens (including phenoxy) is 1. The molecule has 0 aliphatic carbocycles.